The lowest BCUT2D eigenvalue weighted by Gasteiger charge is -2.16. The number of hydrogen-bond acceptors (Lipinski definition) is 2. The summed E-state index contributed by atoms with van der Waals surface area (Å²) in [7, 11) is 1.82. The van der Waals surface area contributed by atoms with Crippen LogP contribution in [0.5, 0.6) is 0 Å². The molecule has 0 unspecified atom stereocenters. The Balaban J connectivity index is 1.83. The van der Waals surface area contributed by atoms with Crippen molar-refractivity contribution in [1.29, 1.82) is 0 Å². The Hall–Kier alpha value is -2.34. The van der Waals surface area contributed by atoms with E-state index in [0.717, 1.165) is 17.7 Å². The molecule has 0 aliphatic rings. The molecule has 0 heterocycles. The van der Waals surface area contributed by atoms with E-state index in [2.05, 4.69) is 5.32 Å². The van der Waals surface area contributed by atoms with Crippen molar-refractivity contribution in [3.05, 3.63) is 71.3 Å². The van der Waals surface area contributed by atoms with Crippen LogP contribution in [-0.4, -0.2) is 24.4 Å². The van der Waals surface area contributed by atoms with Crippen molar-refractivity contribution in [2.75, 3.05) is 13.6 Å². The average molecular weight is 336 g/mol. The minimum Gasteiger partial charge on any atom is -0.351 e. The number of halogens is 3. The molecular weight excluding hydrogens is 317 g/mol. The minimum absolute atomic E-state index is 0.0714. The lowest BCUT2D eigenvalue weighted by Crippen LogP contribution is -2.34. The lowest BCUT2D eigenvalue weighted by atomic mass is 10.1. The SMILES string of the molecule is CN(CC(=O)NCc1cccc(C(F)(F)F)c1)Cc1ccccc1. The molecule has 0 fully saturated rings. The fraction of sp³-hybridized carbons (Fsp3) is 0.278. The number of rotatable bonds is 6. The summed E-state index contributed by atoms with van der Waals surface area (Å²) in [5.74, 6) is -0.231. The van der Waals surface area contributed by atoms with Gasteiger partial charge in [0, 0.05) is 13.1 Å². The monoisotopic (exact) mass is 336 g/mol. The molecule has 1 N–H and O–H groups in total. The Bertz CT molecular complexity index is 671. The molecule has 0 radical (unpaired) electrons. The van der Waals surface area contributed by atoms with Crippen LogP contribution in [0.25, 0.3) is 0 Å². The van der Waals surface area contributed by atoms with Crippen LogP contribution in [0.2, 0.25) is 0 Å². The Kier molecular flexibility index (Phi) is 5.98. The Morgan fingerprint density at radius 1 is 1.04 bits per heavy atom. The number of nitrogens with one attached hydrogen (secondary N) is 1. The Labute approximate surface area is 139 Å². The summed E-state index contributed by atoms with van der Waals surface area (Å²) >= 11 is 0. The van der Waals surface area contributed by atoms with E-state index in [-0.39, 0.29) is 19.0 Å². The van der Waals surface area contributed by atoms with Gasteiger partial charge in [0.25, 0.3) is 0 Å². The molecule has 128 valence electrons. The van der Waals surface area contributed by atoms with Gasteiger partial charge in [0.1, 0.15) is 0 Å². The van der Waals surface area contributed by atoms with Crippen molar-refractivity contribution in [3.63, 3.8) is 0 Å². The largest absolute Gasteiger partial charge is 0.416 e. The number of carbonyl (C=O) groups excluding carboxylic acids is 1. The van der Waals surface area contributed by atoms with Crippen molar-refractivity contribution < 1.29 is 18.0 Å². The quantitative estimate of drug-likeness (QED) is 0.876. The highest BCUT2D eigenvalue weighted by Gasteiger charge is 2.30. The third-order valence-electron chi connectivity index (χ3n) is 3.45. The van der Waals surface area contributed by atoms with Crippen LogP contribution in [0.4, 0.5) is 13.2 Å². The van der Waals surface area contributed by atoms with Gasteiger partial charge in [-0.05, 0) is 30.3 Å². The maximum atomic E-state index is 12.7. The lowest BCUT2D eigenvalue weighted by molar-refractivity contribution is -0.137. The predicted octanol–water partition coefficient (Wildman–Crippen LogP) is 3.45. The molecular formula is C18H19F3N2O. The van der Waals surface area contributed by atoms with Crippen LogP contribution >= 0.6 is 0 Å². The van der Waals surface area contributed by atoms with Crippen LogP contribution < -0.4 is 5.32 Å². The third kappa shape index (κ3) is 5.70. The van der Waals surface area contributed by atoms with Gasteiger partial charge in [-0.1, -0.05) is 42.5 Å². The molecule has 2 aromatic carbocycles. The fourth-order valence-electron chi connectivity index (χ4n) is 2.31. The van der Waals surface area contributed by atoms with E-state index in [1.807, 2.05) is 42.3 Å². The summed E-state index contributed by atoms with van der Waals surface area (Å²) in [6, 6.07) is 14.7. The smallest absolute Gasteiger partial charge is 0.351 e. The molecule has 0 aliphatic heterocycles. The molecule has 0 bridgehead atoms. The maximum Gasteiger partial charge on any atom is 0.416 e. The Morgan fingerprint density at radius 3 is 2.38 bits per heavy atom. The summed E-state index contributed by atoms with van der Waals surface area (Å²) in [5.41, 5.74) is 0.796. The highest BCUT2D eigenvalue weighted by molar-refractivity contribution is 5.77. The predicted molar refractivity (Wildman–Crippen MR) is 86.1 cm³/mol. The first-order valence-corrected chi connectivity index (χ1v) is 7.50. The van der Waals surface area contributed by atoms with Crippen LogP contribution in [0.15, 0.2) is 54.6 Å². The van der Waals surface area contributed by atoms with E-state index >= 15 is 0 Å². The molecule has 0 aliphatic carbocycles. The summed E-state index contributed by atoms with van der Waals surface area (Å²) < 4.78 is 38.0. The highest BCUT2D eigenvalue weighted by Crippen LogP contribution is 2.29. The van der Waals surface area contributed by atoms with E-state index in [4.69, 9.17) is 0 Å². The van der Waals surface area contributed by atoms with E-state index in [1.54, 1.807) is 6.07 Å². The molecule has 6 heteroatoms. The second-order valence-electron chi connectivity index (χ2n) is 5.63. The number of alkyl halides is 3. The molecule has 0 saturated heterocycles. The summed E-state index contributed by atoms with van der Waals surface area (Å²) in [5, 5.41) is 2.65. The molecule has 0 saturated carbocycles. The third-order valence-corrected chi connectivity index (χ3v) is 3.45. The van der Waals surface area contributed by atoms with Gasteiger partial charge in [0.15, 0.2) is 0 Å². The molecule has 0 atom stereocenters. The van der Waals surface area contributed by atoms with Crippen LogP contribution in [0, 0.1) is 0 Å². The summed E-state index contributed by atoms with van der Waals surface area (Å²) in [6.45, 7) is 0.869. The maximum absolute atomic E-state index is 12.7. The highest BCUT2D eigenvalue weighted by atomic mass is 19.4. The number of nitrogens with zero attached hydrogens (tertiary/aromatic N) is 1. The van der Waals surface area contributed by atoms with Gasteiger partial charge in [-0.3, -0.25) is 9.69 Å². The summed E-state index contributed by atoms with van der Waals surface area (Å²) in [4.78, 5) is 13.8. The van der Waals surface area contributed by atoms with Gasteiger partial charge in [-0.2, -0.15) is 13.2 Å². The Morgan fingerprint density at radius 2 is 1.71 bits per heavy atom. The van der Waals surface area contributed by atoms with Gasteiger partial charge in [0.05, 0.1) is 12.1 Å². The van der Waals surface area contributed by atoms with Crippen molar-refractivity contribution >= 4 is 5.91 Å². The zero-order valence-electron chi connectivity index (χ0n) is 13.3. The van der Waals surface area contributed by atoms with Gasteiger partial charge >= 0.3 is 6.18 Å². The fourth-order valence-corrected chi connectivity index (χ4v) is 2.31. The van der Waals surface area contributed by atoms with Crippen LogP contribution in [0.3, 0.4) is 0 Å². The molecule has 0 aromatic heterocycles. The second kappa shape index (κ2) is 7.97. The number of carbonyl (C=O) groups is 1. The number of likely N-dealkylation sites (N-methyl/N-ethyl adjacent to an activating group) is 1. The van der Waals surface area contributed by atoms with Gasteiger partial charge in [0.2, 0.25) is 5.91 Å². The van der Waals surface area contributed by atoms with Crippen LogP contribution in [0.1, 0.15) is 16.7 Å². The molecule has 1 amide bonds. The minimum atomic E-state index is -4.38. The van der Waals surface area contributed by atoms with Gasteiger partial charge in [-0.15, -0.1) is 0 Å². The topological polar surface area (TPSA) is 32.3 Å². The number of hydrogen-bond donors (Lipinski definition) is 1. The zero-order chi connectivity index (χ0) is 17.6. The molecule has 2 aromatic rings. The number of amides is 1. The standard InChI is InChI=1S/C18H19F3N2O/c1-23(12-14-6-3-2-4-7-14)13-17(24)22-11-15-8-5-9-16(10-15)18(19,20)21/h2-10H,11-13H2,1H3,(H,22,24). The van der Waals surface area contributed by atoms with Crippen molar-refractivity contribution in [3.8, 4) is 0 Å². The average Bonchev–Trinajstić information content (AvgIpc) is 2.53. The molecule has 24 heavy (non-hydrogen) atoms. The normalized spacial score (nSPS) is 11.5. The number of benzene rings is 2. The van der Waals surface area contributed by atoms with Crippen molar-refractivity contribution in [2.24, 2.45) is 0 Å². The van der Waals surface area contributed by atoms with Crippen LogP contribution in [-0.2, 0) is 24.1 Å². The van der Waals surface area contributed by atoms with Gasteiger partial charge in [-0.25, -0.2) is 0 Å². The summed E-state index contributed by atoms with van der Waals surface area (Å²) in [6.07, 6.45) is -4.38. The molecule has 0 spiro atoms. The molecule has 3 nitrogen and oxygen atoms in total. The van der Waals surface area contributed by atoms with E-state index in [0.29, 0.717) is 12.1 Å². The van der Waals surface area contributed by atoms with Crippen molar-refractivity contribution in [2.45, 2.75) is 19.3 Å². The molecule has 2 rings (SSSR count). The van der Waals surface area contributed by atoms with E-state index in [9.17, 15) is 18.0 Å². The second-order valence-corrected chi connectivity index (χ2v) is 5.63. The first-order chi connectivity index (χ1) is 11.3. The van der Waals surface area contributed by atoms with Crippen molar-refractivity contribution in [1.82, 2.24) is 10.2 Å². The first kappa shape index (κ1) is 18.0. The van der Waals surface area contributed by atoms with E-state index < -0.39 is 11.7 Å². The van der Waals surface area contributed by atoms with Gasteiger partial charge < -0.3 is 5.32 Å². The van der Waals surface area contributed by atoms with E-state index in [1.165, 1.54) is 6.07 Å². The zero-order valence-corrected chi connectivity index (χ0v) is 13.3. The first-order valence-electron chi connectivity index (χ1n) is 7.50.